The van der Waals surface area contributed by atoms with Crippen LogP contribution >= 0.6 is 36.2 Å². The van der Waals surface area contributed by atoms with E-state index in [9.17, 15) is 9.59 Å². The Labute approximate surface area is 141 Å². The number of carbonyl (C=O) groups excluding carboxylic acids is 2. The van der Waals surface area contributed by atoms with Gasteiger partial charge in [0.25, 0.3) is 5.91 Å². The number of hydrogen-bond donors (Lipinski definition) is 3. The van der Waals surface area contributed by atoms with Gasteiger partial charge in [-0.3, -0.25) is 9.59 Å². The quantitative estimate of drug-likeness (QED) is 0.727. The molecule has 1 heterocycles. The van der Waals surface area contributed by atoms with Crippen molar-refractivity contribution in [2.75, 3.05) is 11.9 Å². The van der Waals surface area contributed by atoms with Gasteiger partial charge < -0.3 is 16.4 Å². The molecule has 0 atom stereocenters. The highest BCUT2D eigenvalue weighted by Crippen LogP contribution is 2.15. The molecular formula is C12H22Cl2N4O2S. The van der Waals surface area contributed by atoms with Gasteiger partial charge in [0, 0.05) is 24.4 Å². The molecule has 9 heteroatoms. The molecule has 1 aromatic heterocycles. The van der Waals surface area contributed by atoms with Crippen LogP contribution < -0.4 is 16.4 Å². The van der Waals surface area contributed by atoms with Crippen LogP contribution in [0.2, 0.25) is 0 Å². The summed E-state index contributed by atoms with van der Waals surface area (Å²) in [4.78, 5) is 26.8. The van der Waals surface area contributed by atoms with Crippen LogP contribution in [0.5, 0.6) is 0 Å². The fourth-order valence-corrected chi connectivity index (χ4v) is 2.17. The lowest BCUT2D eigenvalue weighted by Gasteiger charge is -2.26. The number of nitrogens with one attached hydrogen (secondary N) is 2. The summed E-state index contributed by atoms with van der Waals surface area (Å²) < 4.78 is 0. The number of amides is 2. The average molecular weight is 357 g/mol. The van der Waals surface area contributed by atoms with Crippen molar-refractivity contribution in [3.05, 3.63) is 11.1 Å². The SMILES string of the molecule is CCC(N)(CC)CNC(=O)c1csc(NC(C)=O)n1.Cl.Cl. The van der Waals surface area contributed by atoms with Gasteiger partial charge in [0.15, 0.2) is 5.13 Å². The number of nitrogens with zero attached hydrogens (tertiary/aromatic N) is 1. The normalized spacial score (nSPS) is 10.1. The Bertz CT molecular complexity index is 464. The second kappa shape index (κ2) is 9.94. The number of rotatable bonds is 6. The minimum atomic E-state index is -0.383. The number of anilines is 1. The molecule has 0 bridgehead atoms. The maximum absolute atomic E-state index is 11.9. The minimum absolute atomic E-state index is 0. The van der Waals surface area contributed by atoms with E-state index < -0.39 is 0 Å². The predicted octanol–water partition coefficient (Wildman–Crippen LogP) is 2.19. The van der Waals surface area contributed by atoms with Crippen LogP contribution in [-0.4, -0.2) is 28.9 Å². The molecule has 6 nitrogen and oxygen atoms in total. The molecule has 122 valence electrons. The Kier molecular flexibility index (Phi) is 10.6. The van der Waals surface area contributed by atoms with Gasteiger partial charge in [-0.05, 0) is 12.8 Å². The first kappa shape index (κ1) is 22.4. The fourth-order valence-electron chi connectivity index (χ4n) is 1.43. The molecule has 2 amide bonds. The van der Waals surface area contributed by atoms with E-state index in [4.69, 9.17) is 5.73 Å². The summed E-state index contributed by atoms with van der Waals surface area (Å²) in [5, 5.41) is 7.34. The smallest absolute Gasteiger partial charge is 0.270 e. The molecule has 0 radical (unpaired) electrons. The second-order valence-corrected chi connectivity index (χ2v) is 5.33. The van der Waals surface area contributed by atoms with Crippen molar-refractivity contribution in [2.45, 2.75) is 39.2 Å². The van der Waals surface area contributed by atoms with Gasteiger partial charge in [0.05, 0.1) is 0 Å². The molecule has 0 aliphatic carbocycles. The largest absolute Gasteiger partial charge is 0.349 e. The summed E-state index contributed by atoms with van der Waals surface area (Å²) >= 11 is 1.22. The molecule has 4 N–H and O–H groups in total. The molecular weight excluding hydrogens is 335 g/mol. The Morgan fingerprint density at radius 3 is 2.38 bits per heavy atom. The van der Waals surface area contributed by atoms with Crippen molar-refractivity contribution in [3.63, 3.8) is 0 Å². The van der Waals surface area contributed by atoms with Gasteiger partial charge in [-0.2, -0.15) is 0 Å². The Morgan fingerprint density at radius 1 is 1.33 bits per heavy atom. The summed E-state index contributed by atoms with van der Waals surface area (Å²) in [6.07, 6.45) is 1.58. The number of hydrogen-bond acceptors (Lipinski definition) is 5. The van der Waals surface area contributed by atoms with Crippen LogP contribution in [0, 0.1) is 0 Å². The van der Waals surface area contributed by atoms with E-state index in [2.05, 4.69) is 15.6 Å². The van der Waals surface area contributed by atoms with Gasteiger partial charge in [-0.15, -0.1) is 36.2 Å². The highest BCUT2D eigenvalue weighted by molar-refractivity contribution is 7.14. The molecule has 1 rings (SSSR count). The molecule has 0 aliphatic rings. The molecule has 21 heavy (non-hydrogen) atoms. The van der Waals surface area contributed by atoms with E-state index in [0.717, 1.165) is 12.8 Å². The molecule has 0 aromatic carbocycles. The third-order valence-corrected chi connectivity index (χ3v) is 3.79. The highest BCUT2D eigenvalue weighted by atomic mass is 35.5. The molecule has 0 aliphatic heterocycles. The van der Waals surface area contributed by atoms with Crippen molar-refractivity contribution < 1.29 is 9.59 Å². The lowest BCUT2D eigenvalue weighted by atomic mass is 9.94. The summed E-state index contributed by atoms with van der Waals surface area (Å²) in [5.41, 5.74) is 6.02. The number of nitrogens with two attached hydrogens (primary N) is 1. The zero-order valence-electron chi connectivity index (χ0n) is 12.3. The first-order valence-electron chi connectivity index (χ1n) is 6.20. The minimum Gasteiger partial charge on any atom is -0.349 e. The summed E-state index contributed by atoms with van der Waals surface area (Å²) in [5.74, 6) is -0.483. The van der Waals surface area contributed by atoms with Crippen molar-refractivity contribution >= 4 is 53.1 Å². The first-order chi connectivity index (χ1) is 8.90. The van der Waals surface area contributed by atoms with E-state index in [0.29, 0.717) is 17.4 Å². The van der Waals surface area contributed by atoms with Crippen LogP contribution in [0.15, 0.2) is 5.38 Å². The molecule has 0 fully saturated rings. The van der Waals surface area contributed by atoms with Gasteiger partial charge in [0.1, 0.15) is 5.69 Å². The standard InChI is InChI=1S/C12H20N4O2S.2ClH/c1-4-12(13,5-2)7-14-10(18)9-6-19-11(16-9)15-8(3)17;;/h6H,4-5,7,13H2,1-3H3,(H,14,18)(H,15,16,17);2*1H. The van der Waals surface area contributed by atoms with Crippen LogP contribution in [0.4, 0.5) is 5.13 Å². The Balaban J connectivity index is 0. The third kappa shape index (κ3) is 7.08. The first-order valence-corrected chi connectivity index (χ1v) is 7.08. The van der Waals surface area contributed by atoms with Crippen LogP contribution in [0.25, 0.3) is 0 Å². The Morgan fingerprint density at radius 2 is 1.90 bits per heavy atom. The zero-order valence-corrected chi connectivity index (χ0v) is 14.7. The summed E-state index contributed by atoms with van der Waals surface area (Å²) in [6, 6.07) is 0. The molecule has 0 saturated carbocycles. The number of halogens is 2. The van der Waals surface area contributed by atoms with Gasteiger partial charge in [-0.25, -0.2) is 4.98 Å². The number of carbonyl (C=O) groups is 2. The third-order valence-electron chi connectivity index (χ3n) is 3.03. The molecule has 1 aromatic rings. The molecule has 0 spiro atoms. The molecule has 0 unspecified atom stereocenters. The van der Waals surface area contributed by atoms with Crippen LogP contribution in [0.1, 0.15) is 44.1 Å². The van der Waals surface area contributed by atoms with E-state index in [1.807, 2.05) is 13.8 Å². The average Bonchev–Trinajstić information content (AvgIpc) is 2.83. The number of aromatic nitrogens is 1. The highest BCUT2D eigenvalue weighted by Gasteiger charge is 2.22. The van der Waals surface area contributed by atoms with Crippen molar-refractivity contribution in [2.24, 2.45) is 5.73 Å². The number of thiazole rings is 1. The topological polar surface area (TPSA) is 97.1 Å². The zero-order chi connectivity index (χ0) is 14.5. The molecule has 0 saturated heterocycles. The Hall–Kier alpha value is -0.890. The van der Waals surface area contributed by atoms with Crippen molar-refractivity contribution in [1.29, 1.82) is 0 Å². The maximum Gasteiger partial charge on any atom is 0.270 e. The lowest BCUT2D eigenvalue weighted by Crippen LogP contribution is -2.49. The lowest BCUT2D eigenvalue weighted by molar-refractivity contribution is -0.114. The predicted molar refractivity (Wildman–Crippen MR) is 90.7 cm³/mol. The van der Waals surface area contributed by atoms with Crippen molar-refractivity contribution in [3.8, 4) is 0 Å². The van der Waals surface area contributed by atoms with E-state index in [-0.39, 0.29) is 42.2 Å². The monoisotopic (exact) mass is 356 g/mol. The van der Waals surface area contributed by atoms with Gasteiger partial charge >= 0.3 is 0 Å². The van der Waals surface area contributed by atoms with Gasteiger partial charge in [0.2, 0.25) is 5.91 Å². The second-order valence-electron chi connectivity index (χ2n) is 4.47. The van der Waals surface area contributed by atoms with E-state index in [1.54, 1.807) is 5.38 Å². The van der Waals surface area contributed by atoms with Gasteiger partial charge in [-0.1, -0.05) is 13.8 Å². The fraction of sp³-hybridized carbons (Fsp3) is 0.583. The van der Waals surface area contributed by atoms with Crippen molar-refractivity contribution in [1.82, 2.24) is 10.3 Å². The summed E-state index contributed by atoms with van der Waals surface area (Å²) in [6.45, 7) is 5.79. The van der Waals surface area contributed by atoms with E-state index >= 15 is 0 Å². The maximum atomic E-state index is 11.9. The summed E-state index contributed by atoms with van der Waals surface area (Å²) in [7, 11) is 0. The van der Waals surface area contributed by atoms with Crippen LogP contribution in [0.3, 0.4) is 0 Å². The van der Waals surface area contributed by atoms with Crippen LogP contribution in [-0.2, 0) is 4.79 Å². The van der Waals surface area contributed by atoms with E-state index in [1.165, 1.54) is 18.3 Å².